The highest BCUT2D eigenvalue weighted by Crippen LogP contribution is 2.23. The number of carbonyl (C=O) groups is 2. The van der Waals surface area contributed by atoms with Gasteiger partial charge in [0.05, 0.1) is 32.0 Å². The molecule has 1 aliphatic heterocycles. The molecule has 0 radical (unpaired) electrons. The summed E-state index contributed by atoms with van der Waals surface area (Å²) in [6.45, 7) is 4.34. The molecule has 1 fully saturated rings. The smallest absolute Gasteiger partial charge is 0.305 e. The van der Waals surface area contributed by atoms with Gasteiger partial charge in [0.1, 0.15) is 24.4 Å². The number of amides is 1. The molecule has 1 saturated heterocycles. The Morgan fingerprint density at radius 2 is 0.753 bits per heavy atom. The largest absolute Gasteiger partial charge is 0.466 e. The molecular formula is C74H139NO10. The van der Waals surface area contributed by atoms with Crippen LogP contribution in [0, 0.1) is 0 Å². The summed E-state index contributed by atoms with van der Waals surface area (Å²) in [5.74, 6) is -0.176. The van der Waals surface area contributed by atoms with Crippen molar-refractivity contribution in [2.45, 2.75) is 403 Å². The van der Waals surface area contributed by atoms with Crippen molar-refractivity contribution in [3.63, 3.8) is 0 Å². The Morgan fingerprint density at radius 1 is 0.424 bits per heavy atom. The first-order valence-corrected chi connectivity index (χ1v) is 36.8. The fourth-order valence-electron chi connectivity index (χ4n) is 11.7. The van der Waals surface area contributed by atoms with Crippen molar-refractivity contribution in [1.82, 2.24) is 5.32 Å². The molecule has 0 aliphatic carbocycles. The summed E-state index contributed by atoms with van der Waals surface area (Å²) in [6, 6.07) is -0.806. The fraction of sp³-hybridized carbons (Fsp3) is 0.892. The van der Waals surface area contributed by atoms with Crippen molar-refractivity contribution in [3.05, 3.63) is 36.5 Å². The van der Waals surface area contributed by atoms with Crippen LogP contribution >= 0.6 is 0 Å². The highest BCUT2D eigenvalue weighted by molar-refractivity contribution is 5.76. The SMILES string of the molecule is CCCCCCCCC/C=C\CCCCCCCC(=O)OCCCCCCCCCCCCCC/C=C\CCCCCCCCCCCCCCCCCCC(=O)NC(COC1OC(CO)C(O)C(O)C1O)C(O)/C=C/CCCCCCCCC. The maximum Gasteiger partial charge on any atom is 0.305 e. The summed E-state index contributed by atoms with van der Waals surface area (Å²) >= 11 is 0. The first-order chi connectivity index (χ1) is 41.7. The van der Waals surface area contributed by atoms with Gasteiger partial charge in [-0.25, -0.2) is 0 Å². The van der Waals surface area contributed by atoms with Gasteiger partial charge in [-0.2, -0.15) is 0 Å². The number of aliphatic hydroxyl groups excluding tert-OH is 5. The predicted molar refractivity (Wildman–Crippen MR) is 357 cm³/mol. The Kier molecular flexibility index (Phi) is 60.4. The van der Waals surface area contributed by atoms with E-state index in [1.54, 1.807) is 6.08 Å². The van der Waals surface area contributed by atoms with Crippen LogP contribution in [-0.2, 0) is 23.8 Å². The van der Waals surface area contributed by atoms with Gasteiger partial charge in [-0.15, -0.1) is 0 Å². The van der Waals surface area contributed by atoms with Gasteiger partial charge in [0.2, 0.25) is 5.91 Å². The van der Waals surface area contributed by atoms with Gasteiger partial charge in [-0.3, -0.25) is 9.59 Å². The average molecular weight is 1200 g/mol. The molecule has 6 N–H and O–H groups in total. The van der Waals surface area contributed by atoms with E-state index < -0.39 is 49.5 Å². The van der Waals surface area contributed by atoms with E-state index in [1.165, 1.54) is 276 Å². The van der Waals surface area contributed by atoms with E-state index in [0.29, 0.717) is 19.4 Å². The number of allylic oxidation sites excluding steroid dienone is 5. The van der Waals surface area contributed by atoms with Gasteiger partial charge < -0.3 is 45.1 Å². The Morgan fingerprint density at radius 3 is 1.13 bits per heavy atom. The lowest BCUT2D eigenvalue weighted by atomic mass is 9.99. The van der Waals surface area contributed by atoms with Gasteiger partial charge in [-0.1, -0.05) is 301 Å². The summed E-state index contributed by atoms with van der Waals surface area (Å²) in [4.78, 5) is 25.1. The van der Waals surface area contributed by atoms with Gasteiger partial charge in [0.15, 0.2) is 6.29 Å². The molecule has 0 spiro atoms. The molecular weight excluding hydrogens is 1060 g/mol. The standard InChI is InChI=1S/C74H139NO10/c1-3-5-7-9-11-13-14-15-16-36-39-42-46-50-54-58-62-70(79)83-63-59-55-51-47-43-40-37-34-32-30-28-26-24-22-20-18-17-19-21-23-25-27-29-31-33-35-38-41-45-49-53-57-61-69(78)75-66(67(77)60-56-52-48-44-12-10-8-6-4-2)65-84-74-73(82)72(81)71(80)68(64-76)85-74/h16,20,22,36,56,60,66-68,71-74,76-77,80-82H,3-15,17-19,21,23-35,37-55,57-59,61-65H2,1-2H3,(H,75,78)/b22-20-,36-16-,60-56+. The molecule has 11 nitrogen and oxygen atoms in total. The molecule has 1 aliphatic rings. The molecule has 0 aromatic heterocycles. The van der Waals surface area contributed by atoms with E-state index in [2.05, 4.69) is 43.5 Å². The number of hydrogen-bond acceptors (Lipinski definition) is 10. The molecule has 500 valence electrons. The number of nitrogens with one attached hydrogen (secondary N) is 1. The van der Waals surface area contributed by atoms with E-state index in [4.69, 9.17) is 14.2 Å². The monoisotopic (exact) mass is 1200 g/mol. The van der Waals surface area contributed by atoms with Crippen LogP contribution in [0.1, 0.15) is 361 Å². The van der Waals surface area contributed by atoms with Crippen LogP contribution < -0.4 is 5.32 Å². The van der Waals surface area contributed by atoms with Crippen molar-refractivity contribution in [3.8, 4) is 0 Å². The number of aliphatic hydroxyl groups is 5. The van der Waals surface area contributed by atoms with Gasteiger partial charge in [0.25, 0.3) is 0 Å². The van der Waals surface area contributed by atoms with Gasteiger partial charge in [0, 0.05) is 12.8 Å². The zero-order valence-corrected chi connectivity index (χ0v) is 55.6. The third kappa shape index (κ3) is 52.4. The molecule has 0 bridgehead atoms. The Labute approximate surface area is 523 Å². The molecule has 0 aromatic carbocycles. The van der Waals surface area contributed by atoms with Crippen molar-refractivity contribution >= 4 is 11.9 Å². The van der Waals surface area contributed by atoms with Crippen molar-refractivity contribution in [1.29, 1.82) is 0 Å². The minimum absolute atomic E-state index is 0.00356. The second-order valence-corrected chi connectivity index (χ2v) is 25.6. The number of rotatable bonds is 65. The quantitative estimate of drug-likeness (QED) is 0.0195. The summed E-state index contributed by atoms with van der Waals surface area (Å²) in [5, 5.41) is 54.3. The molecule has 7 unspecified atom stereocenters. The van der Waals surface area contributed by atoms with Crippen molar-refractivity contribution in [2.24, 2.45) is 0 Å². The topological polar surface area (TPSA) is 175 Å². The third-order valence-corrected chi connectivity index (χ3v) is 17.5. The van der Waals surface area contributed by atoms with Crippen LogP contribution in [0.25, 0.3) is 0 Å². The molecule has 11 heteroatoms. The normalized spacial score (nSPS) is 18.1. The average Bonchev–Trinajstić information content (AvgIpc) is 3.31. The lowest BCUT2D eigenvalue weighted by Crippen LogP contribution is -2.60. The maximum absolute atomic E-state index is 13.0. The van der Waals surface area contributed by atoms with Crippen LogP contribution in [-0.4, -0.2) is 100 Å². The summed E-state index contributed by atoms with van der Waals surface area (Å²) in [7, 11) is 0. The third-order valence-electron chi connectivity index (χ3n) is 17.5. The Bertz CT molecular complexity index is 1510. The van der Waals surface area contributed by atoms with Crippen LogP contribution in [0.15, 0.2) is 36.5 Å². The lowest BCUT2D eigenvalue weighted by molar-refractivity contribution is -0.302. The van der Waals surface area contributed by atoms with Crippen molar-refractivity contribution < 1.29 is 49.3 Å². The zero-order valence-electron chi connectivity index (χ0n) is 55.6. The van der Waals surface area contributed by atoms with Crippen LogP contribution in [0.3, 0.4) is 0 Å². The fourth-order valence-corrected chi connectivity index (χ4v) is 11.7. The highest BCUT2D eigenvalue weighted by atomic mass is 16.7. The predicted octanol–water partition coefficient (Wildman–Crippen LogP) is 19.0. The second-order valence-electron chi connectivity index (χ2n) is 25.6. The zero-order chi connectivity index (χ0) is 61.6. The minimum atomic E-state index is -1.57. The number of unbranched alkanes of at least 4 members (excludes halogenated alkanes) is 47. The van der Waals surface area contributed by atoms with Crippen LogP contribution in [0.4, 0.5) is 0 Å². The second kappa shape index (κ2) is 63.4. The molecule has 1 heterocycles. The Balaban J connectivity index is 1.89. The molecule has 0 aromatic rings. The molecule has 0 saturated carbocycles. The van der Waals surface area contributed by atoms with E-state index >= 15 is 0 Å². The van der Waals surface area contributed by atoms with E-state index in [-0.39, 0.29) is 18.5 Å². The maximum atomic E-state index is 13.0. The minimum Gasteiger partial charge on any atom is -0.466 e. The first kappa shape index (κ1) is 80.9. The van der Waals surface area contributed by atoms with E-state index in [0.717, 1.165) is 57.8 Å². The number of ether oxygens (including phenoxy) is 3. The Hall–Kier alpha value is -2.12. The summed E-state index contributed by atoms with van der Waals surface area (Å²) in [6.07, 6.45) is 71.7. The number of hydrogen-bond donors (Lipinski definition) is 6. The van der Waals surface area contributed by atoms with Gasteiger partial charge >= 0.3 is 5.97 Å². The highest BCUT2D eigenvalue weighted by Gasteiger charge is 2.44. The van der Waals surface area contributed by atoms with Crippen molar-refractivity contribution in [2.75, 3.05) is 19.8 Å². The molecule has 7 atom stereocenters. The van der Waals surface area contributed by atoms with Crippen LogP contribution in [0.5, 0.6) is 0 Å². The lowest BCUT2D eigenvalue weighted by Gasteiger charge is -2.40. The van der Waals surface area contributed by atoms with E-state index in [9.17, 15) is 35.1 Å². The molecule has 1 rings (SSSR count). The van der Waals surface area contributed by atoms with Crippen LogP contribution in [0.2, 0.25) is 0 Å². The van der Waals surface area contributed by atoms with Gasteiger partial charge in [-0.05, 0) is 83.5 Å². The number of esters is 1. The molecule has 1 amide bonds. The van der Waals surface area contributed by atoms with E-state index in [1.807, 2.05) is 6.08 Å². The summed E-state index contributed by atoms with van der Waals surface area (Å²) < 4.78 is 16.7. The first-order valence-electron chi connectivity index (χ1n) is 36.8. The summed E-state index contributed by atoms with van der Waals surface area (Å²) in [5.41, 5.74) is 0. The number of carbonyl (C=O) groups excluding carboxylic acids is 2. The molecule has 85 heavy (non-hydrogen) atoms.